The van der Waals surface area contributed by atoms with Crippen LogP contribution in [0.3, 0.4) is 0 Å². The van der Waals surface area contributed by atoms with E-state index in [0.29, 0.717) is 0 Å². The number of nitrogens with zero attached hydrogens (tertiary/aromatic N) is 4. The minimum absolute atomic E-state index is 0.0982. The Labute approximate surface area is 163 Å². The normalized spacial score (nSPS) is 11.1. The van der Waals surface area contributed by atoms with Crippen molar-refractivity contribution in [3.8, 4) is 5.82 Å². The van der Waals surface area contributed by atoms with Crippen molar-refractivity contribution in [1.82, 2.24) is 19.3 Å². The van der Waals surface area contributed by atoms with Gasteiger partial charge in [-0.25, -0.2) is 9.67 Å². The molecule has 4 rings (SSSR count). The third kappa shape index (κ3) is 3.29. The van der Waals surface area contributed by atoms with Gasteiger partial charge < -0.3 is 9.88 Å². The number of amides is 1. The lowest BCUT2D eigenvalue weighted by Gasteiger charge is -2.09. The van der Waals surface area contributed by atoms with Gasteiger partial charge in [0.15, 0.2) is 11.5 Å². The number of hydrogen-bond donors (Lipinski definition) is 1. The first-order chi connectivity index (χ1) is 13.4. The molecule has 0 radical (unpaired) electrons. The third-order valence-electron chi connectivity index (χ3n) is 4.81. The van der Waals surface area contributed by atoms with E-state index in [0.717, 1.165) is 39.4 Å². The molecule has 142 valence electrons. The van der Waals surface area contributed by atoms with Crippen LogP contribution in [0.25, 0.3) is 16.9 Å². The Morgan fingerprint density at radius 3 is 2.50 bits per heavy atom. The summed E-state index contributed by atoms with van der Waals surface area (Å²) in [6.45, 7) is 8.12. The second-order valence-corrected chi connectivity index (χ2v) is 7.22. The topological polar surface area (TPSA) is 64.7 Å². The summed E-state index contributed by atoms with van der Waals surface area (Å²) < 4.78 is 3.63. The predicted molar refractivity (Wildman–Crippen MR) is 111 cm³/mol. The standard InChI is InChI=1S/C22H23N5O/c1-14-7-8-18(15(2)11-14)24-19(28)13-27-21-20(16(3)12-17(4)23-21)22(25-27)26-9-5-6-10-26/h5-12H,13H2,1-4H3,(H,24,28). The molecule has 0 unspecified atom stereocenters. The monoisotopic (exact) mass is 373 g/mol. The number of fused-ring (bicyclic) bond motifs is 1. The quantitative estimate of drug-likeness (QED) is 0.586. The van der Waals surface area contributed by atoms with Gasteiger partial charge in [-0.05, 0) is 63.1 Å². The number of aryl methyl sites for hydroxylation is 4. The largest absolute Gasteiger partial charge is 0.324 e. The number of benzene rings is 1. The fourth-order valence-corrected chi connectivity index (χ4v) is 3.54. The summed E-state index contributed by atoms with van der Waals surface area (Å²) in [5, 5.41) is 8.66. The van der Waals surface area contributed by atoms with Gasteiger partial charge in [0.05, 0.1) is 5.39 Å². The van der Waals surface area contributed by atoms with Crippen LogP contribution in [0, 0.1) is 27.7 Å². The molecular formula is C22H23N5O. The van der Waals surface area contributed by atoms with Gasteiger partial charge >= 0.3 is 0 Å². The minimum atomic E-state index is -0.128. The van der Waals surface area contributed by atoms with Gasteiger partial charge in [0.2, 0.25) is 5.91 Å². The lowest BCUT2D eigenvalue weighted by Crippen LogP contribution is -2.20. The number of anilines is 1. The summed E-state index contributed by atoms with van der Waals surface area (Å²) in [5.74, 6) is 0.653. The highest BCUT2D eigenvalue weighted by atomic mass is 16.2. The molecule has 1 amide bonds. The lowest BCUT2D eigenvalue weighted by atomic mass is 10.1. The zero-order valence-electron chi connectivity index (χ0n) is 16.5. The number of aromatic nitrogens is 4. The highest BCUT2D eigenvalue weighted by Crippen LogP contribution is 2.25. The van der Waals surface area contributed by atoms with Crippen LogP contribution in [-0.2, 0) is 11.3 Å². The van der Waals surface area contributed by atoms with Crippen molar-refractivity contribution in [3.05, 3.63) is 71.2 Å². The molecule has 0 saturated carbocycles. The fraction of sp³-hybridized carbons (Fsp3) is 0.227. The molecule has 28 heavy (non-hydrogen) atoms. The minimum Gasteiger partial charge on any atom is -0.324 e. The van der Waals surface area contributed by atoms with Crippen molar-refractivity contribution in [2.24, 2.45) is 0 Å². The molecule has 0 aliphatic heterocycles. The molecule has 0 aliphatic rings. The average Bonchev–Trinajstić information content (AvgIpc) is 3.26. The third-order valence-corrected chi connectivity index (χ3v) is 4.81. The van der Waals surface area contributed by atoms with Crippen LogP contribution in [0.2, 0.25) is 0 Å². The summed E-state index contributed by atoms with van der Waals surface area (Å²) in [6.07, 6.45) is 3.89. The molecule has 0 atom stereocenters. The van der Waals surface area contributed by atoms with Crippen LogP contribution >= 0.6 is 0 Å². The van der Waals surface area contributed by atoms with Crippen molar-refractivity contribution in [1.29, 1.82) is 0 Å². The summed E-state index contributed by atoms with van der Waals surface area (Å²) in [5.41, 5.74) is 5.74. The van der Waals surface area contributed by atoms with Gasteiger partial charge in [0, 0.05) is 23.8 Å². The maximum atomic E-state index is 12.7. The van der Waals surface area contributed by atoms with Crippen molar-refractivity contribution in [3.63, 3.8) is 0 Å². The van der Waals surface area contributed by atoms with Gasteiger partial charge in [0.1, 0.15) is 6.54 Å². The molecule has 0 spiro atoms. The van der Waals surface area contributed by atoms with E-state index in [4.69, 9.17) is 5.10 Å². The zero-order chi connectivity index (χ0) is 19.8. The van der Waals surface area contributed by atoms with E-state index in [1.807, 2.05) is 75.0 Å². The SMILES string of the molecule is Cc1ccc(NC(=O)Cn2nc(-n3cccc3)c3c(C)cc(C)nc32)c(C)c1. The van der Waals surface area contributed by atoms with Crippen molar-refractivity contribution in [2.75, 3.05) is 5.32 Å². The summed E-state index contributed by atoms with van der Waals surface area (Å²) in [4.78, 5) is 17.4. The molecule has 0 aliphatic carbocycles. The molecule has 3 aromatic heterocycles. The Balaban J connectivity index is 1.71. The molecule has 1 aromatic carbocycles. The Morgan fingerprint density at radius 1 is 1.04 bits per heavy atom. The zero-order valence-corrected chi connectivity index (χ0v) is 16.5. The molecule has 3 heterocycles. The smallest absolute Gasteiger partial charge is 0.246 e. The van der Waals surface area contributed by atoms with Gasteiger partial charge in [0.25, 0.3) is 0 Å². The van der Waals surface area contributed by atoms with E-state index in [2.05, 4.69) is 16.4 Å². The van der Waals surface area contributed by atoms with Crippen LogP contribution < -0.4 is 5.32 Å². The maximum Gasteiger partial charge on any atom is 0.246 e. The van der Waals surface area contributed by atoms with Crippen LogP contribution in [0.1, 0.15) is 22.4 Å². The second-order valence-electron chi connectivity index (χ2n) is 7.22. The van der Waals surface area contributed by atoms with Gasteiger partial charge in [-0.1, -0.05) is 17.7 Å². The first-order valence-corrected chi connectivity index (χ1v) is 9.27. The Hall–Kier alpha value is -3.41. The maximum absolute atomic E-state index is 12.7. The predicted octanol–water partition coefficient (Wildman–Crippen LogP) is 4.09. The van der Waals surface area contributed by atoms with E-state index in [1.165, 1.54) is 5.56 Å². The van der Waals surface area contributed by atoms with E-state index in [-0.39, 0.29) is 12.5 Å². The first kappa shape index (κ1) is 18.0. The van der Waals surface area contributed by atoms with E-state index >= 15 is 0 Å². The summed E-state index contributed by atoms with van der Waals surface area (Å²) in [7, 11) is 0. The number of hydrogen-bond acceptors (Lipinski definition) is 3. The molecule has 6 nitrogen and oxygen atoms in total. The van der Waals surface area contributed by atoms with Crippen molar-refractivity contribution < 1.29 is 4.79 Å². The highest BCUT2D eigenvalue weighted by molar-refractivity contribution is 5.93. The van der Waals surface area contributed by atoms with Crippen molar-refractivity contribution in [2.45, 2.75) is 34.2 Å². The van der Waals surface area contributed by atoms with E-state index in [9.17, 15) is 4.79 Å². The average molecular weight is 373 g/mol. The number of carbonyl (C=O) groups excluding carboxylic acids is 1. The molecule has 4 aromatic rings. The number of carbonyl (C=O) groups is 1. The van der Waals surface area contributed by atoms with Crippen LogP contribution in [0.15, 0.2) is 48.8 Å². The van der Waals surface area contributed by atoms with Crippen molar-refractivity contribution >= 4 is 22.6 Å². The molecule has 0 saturated heterocycles. The Bertz CT molecular complexity index is 1170. The highest BCUT2D eigenvalue weighted by Gasteiger charge is 2.18. The van der Waals surface area contributed by atoms with Gasteiger partial charge in [-0.2, -0.15) is 5.10 Å². The number of rotatable bonds is 4. The van der Waals surface area contributed by atoms with Crippen LogP contribution in [0.4, 0.5) is 5.69 Å². The summed E-state index contributed by atoms with van der Waals surface area (Å²) in [6, 6.07) is 11.9. The van der Waals surface area contributed by atoms with Crippen LogP contribution in [0.5, 0.6) is 0 Å². The second kappa shape index (κ2) is 6.96. The Kier molecular flexibility index (Phi) is 4.47. The molecule has 0 fully saturated rings. The van der Waals surface area contributed by atoms with Crippen LogP contribution in [-0.4, -0.2) is 25.2 Å². The molecule has 1 N–H and O–H groups in total. The molecule has 0 bridgehead atoms. The molecule has 6 heteroatoms. The van der Waals surface area contributed by atoms with Gasteiger partial charge in [-0.3, -0.25) is 4.79 Å². The number of pyridine rings is 1. The van der Waals surface area contributed by atoms with E-state index in [1.54, 1.807) is 4.68 Å². The number of nitrogens with one attached hydrogen (secondary N) is 1. The van der Waals surface area contributed by atoms with Gasteiger partial charge in [-0.15, -0.1) is 0 Å². The fourth-order valence-electron chi connectivity index (χ4n) is 3.54. The first-order valence-electron chi connectivity index (χ1n) is 9.27. The summed E-state index contributed by atoms with van der Waals surface area (Å²) >= 11 is 0. The Morgan fingerprint density at radius 2 is 1.79 bits per heavy atom. The lowest BCUT2D eigenvalue weighted by molar-refractivity contribution is -0.116. The molecular weight excluding hydrogens is 350 g/mol. The van der Waals surface area contributed by atoms with E-state index < -0.39 is 0 Å².